The number of nitrogen functional groups attached to an aromatic ring is 1. The molecule has 0 amide bonds. The number of anilines is 1. The third-order valence-electron chi connectivity index (χ3n) is 2.66. The molecule has 94 valence electrons. The first kappa shape index (κ1) is 12.3. The van der Waals surface area contributed by atoms with Crippen molar-refractivity contribution in [2.24, 2.45) is 0 Å². The van der Waals surface area contributed by atoms with Gasteiger partial charge in [-0.1, -0.05) is 29.8 Å². The summed E-state index contributed by atoms with van der Waals surface area (Å²) in [6.45, 7) is 2.56. The third-order valence-corrected chi connectivity index (χ3v) is 2.66. The van der Waals surface area contributed by atoms with Gasteiger partial charge in [-0.05, 0) is 24.6 Å². The Kier molecular flexibility index (Phi) is 3.72. The van der Waals surface area contributed by atoms with E-state index in [2.05, 4.69) is 19.1 Å². The number of hydrogen-bond acceptors (Lipinski definition) is 3. The quantitative estimate of drug-likeness (QED) is 0.839. The molecule has 0 fully saturated rings. The average Bonchev–Trinajstić information content (AvgIpc) is 2.37. The maximum atomic E-state index is 5.74. The van der Waals surface area contributed by atoms with Crippen molar-refractivity contribution in [2.45, 2.75) is 13.5 Å². The normalized spacial score (nSPS) is 10.1. The standard InChI is InChI=1S/C15H17NO2/c1-11-4-3-5-12(8-11)10-18-15-9-13(16)6-7-14(15)17-2/h3-9H,10,16H2,1-2H3. The lowest BCUT2D eigenvalue weighted by Gasteiger charge is -2.11. The van der Waals surface area contributed by atoms with E-state index in [1.807, 2.05) is 12.1 Å². The number of nitrogens with two attached hydrogens (primary N) is 1. The van der Waals surface area contributed by atoms with Gasteiger partial charge >= 0.3 is 0 Å². The lowest BCUT2D eigenvalue weighted by Crippen LogP contribution is -1.99. The lowest BCUT2D eigenvalue weighted by atomic mass is 10.1. The molecule has 2 aromatic carbocycles. The maximum absolute atomic E-state index is 5.74. The number of aryl methyl sites for hydroxylation is 1. The molecule has 2 rings (SSSR count). The van der Waals surface area contributed by atoms with Crippen molar-refractivity contribution >= 4 is 5.69 Å². The summed E-state index contributed by atoms with van der Waals surface area (Å²) in [6.07, 6.45) is 0. The Morgan fingerprint density at radius 1 is 1.06 bits per heavy atom. The Labute approximate surface area is 107 Å². The van der Waals surface area contributed by atoms with Crippen LogP contribution in [0.5, 0.6) is 11.5 Å². The zero-order chi connectivity index (χ0) is 13.0. The summed E-state index contributed by atoms with van der Waals surface area (Å²) in [6, 6.07) is 13.6. The van der Waals surface area contributed by atoms with Gasteiger partial charge in [-0.2, -0.15) is 0 Å². The van der Waals surface area contributed by atoms with Gasteiger partial charge in [0.25, 0.3) is 0 Å². The van der Waals surface area contributed by atoms with Crippen LogP contribution in [0.1, 0.15) is 11.1 Å². The second kappa shape index (κ2) is 5.45. The monoisotopic (exact) mass is 243 g/mol. The summed E-state index contributed by atoms with van der Waals surface area (Å²) in [5, 5.41) is 0. The summed E-state index contributed by atoms with van der Waals surface area (Å²) < 4.78 is 11.0. The molecule has 0 spiro atoms. The van der Waals surface area contributed by atoms with Crippen LogP contribution in [-0.2, 0) is 6.61 Å². The van der Waals surface area contributed by atoms with Crippen LogP contribution < -0.4 is 15.2 Å². The first-order valence-electron chi connectivity index (χ1n) is 5.81. The van der Waals surface area contributed by atoms with Gasteiger partial charge in [0.05, 0.1) is 7.11 Å². The van der Waals surface area contributed by atoms with Crippen molar-refractivity contribution in [3.63, 3.8) is 0 Å². The first-order valence-corrected chi connectivity index (χ1v) is 5.81. The van der Waals surface area contributed by atoms with Crippen LogP contribution in [0.15, 0.2) is 42.5 Å². The van der Waals surface area contributed by atoms with E-state index >= 15 is 0 Å². The topological polar surface area (TPSA) is 44.5 Å². The van der Waals surface area contributed by atoms with E-state index in [0.29, 0.717) is 23.8 Å². The van der Waals surface area contributed by atoms with Crippen molar-refractivity contribution in [1.29, 1.82) is 0 Å². The van der Waals surface area contributed by atoms with E-state index in [1.165, 1.54) is 5.56 Å². The molecular weight excluding hydrogens is 226 g/mol. The van der Waals surface area contributed by atoms with E-state index in [0.717, 1.165) is 5.56 Å². The Morgan fingerprint density at radius 3 is 2.61 bits per heavy atom. The van der Waals surface area contributed by atoms with Gasteiger partial charge in [0, 0.05) is 11.8 Å². The Hall–Kier alpha value is -2.16. The molecule has 2 aromatic rings. The van der Waals surface area contributed by atoms with Crippen molar-refractivity contribution in [3.8, 4) is 11.5 Å². The van der Waals surface area contributed by atoms with Gasteiger partial charge in [0.1, 0.15) is 6.61 Å². The van der Waals surface area contributed by atoms with Gasteiger partial charge < -0.3 is 15.2 Å². The zero-order valence-electron chi connectivity index (χ0n) is 10.6. The molecule has 2 N–H and O–H groups in total. The predicted molar refractivity (Wildman–Crippen MR) is 72.9 cm³/mol. The van der Waals surface area contributed by atoms with Gasteiger partial charge in [-0.25, -0.2) is 0 Å². The highest BCUT2D eigenvalue weighted by Gasteiger charge is 2.05. The molecule has 3 heteroatoms. The Bertz CT molecular complexity index is 538. The minimum atomic E-state index is 0.501. The summed E-state index contributed by atoms with van der Waals surface area (Å²) in [5.41, 5.74) is 8.74. The maximum Gasteiger partial charge on any atom is 0.163 e. The number of hydrogen-bond donors (Lipinski definition) is 1. The van der Waals surface area contributed by atoms with Crippen LogP contribution in [0.25, 0.3) is 0 Å². The smallest absolute Gasteiger partial charge is 0.163 e. The van der Waals surface area contributed by atoms with Crippen molar-refractivity contribution in [3.05, 3.63) is 53.6 Å². The van der Waals surface area contributed by atoms with Crippen molar-refractivity contribution < 1.29 is 9.47 Å². The van der Waals surface area contributed by atoms with Crippen LogP contribution in [0, 0.1) is 6.92 Å². The fourth-order valence-electron chi connectivity index (χ4n) is 1.77. The van der Waals surface area contributed by atoms with E-state index < -0.39 is 0 Å². The second-order valence-electron chi connectivity index (χ2n) is 4.19. The largest absolute Gasteiger partial charge is 0.493 e. The molecule has 0 heterocycles. The molecule has 0 aliphatic heterocycles. The molecule has 0 radical (unpaired) electrons. The lowest BCUT2D eigenvalue weighted by molar-refractivity contribution is 0.284. The molecule has 0 aliphatic rings. The molecule has 0 saturated heterocycles. The second-order valence-corrected chi connectivity index (χ2v) is 4.19. The molecular formula is C15H17NO2. The van der Waals surface area contributed by atoms with Crippen molar-refractivity contribution in [2.75, 3.05) is 12.8 Å². The average molecular weight is 243 g/mol. The number of methoxy groups -OCH3 is 1. The highest BCUT2D eigenvalue weighted by Crippen LogP contribution is 2.29. The number of benzene rings is 2. The molecule has 0 saturated carbocycles. The van der Waals surface area contributed by atoms with E-state index in [1.54, 1.807) is 25.3 Å². The van der Waals surface area contributed by atoms with Gasteiger partial charge in [0.15, 0.2) is 11.5 Å². The van der Waals surface area contributed by atoms with Crippen LogP contribution in [0.2, 0.25) is 0 Å². The zero-order valence-corrected chi connectivity index (χ0v) is 10.6. The molecule has 18 heavy (non-hydrogen) atoms. The summed E-state index contributed by atoms with van der Waals surface area (Å²) >= 11 is 0. The Balaban J connectivity index is 2.12. The molecule has 3 nitrogen and oxygen atoms in total. The summed E-state index contributed by atoms with van der Waals surface area (Å²) in [4.78, 5) is 0. The highest BCUT2D eigenvalue weighted by atomic mass is 16.5. The molecule has 0 aromatic heterocycles. The molecule has 0 aliphatic carbocycles. The van der Waals surface area contributed by atoms with Gasteiger partial charge in [-0.3, -0.25) is 0 Å². The van der Waals surface area contributed by atoms with Gasteiger partial charge in [-0.15, -0.1) is 0 Å². The van der Waals surface area contributed by atoms with Crippen LogP contribution in [0.4, 0.5) is 5.69 Å². The molecule has 0 atom stereocenters. The summed E-state index contributed by atoms with van der Waals surface area (Å²) in [5.74, 6) is 1.36. The van der Waals surface area contributed by atoms with E-state index in [-0.39, 0.29) is 0 Å². The minimum absolute atomic E-state index is 0.501. The summed E-state index contributed by atoms with van der Waals surface area (Å²) in [7, 11) is 1.62. The minimum Gasteiger partial charge on any atom is -0.493 e. The predicted octanol–water partition coefficient (Wildman–Crippen LogP) is 3.16. The highest BCUT2D eigenvalue weighted by molar-refractivity contribution is 5.52. The van der Waals surface area contributed by atoms with Crippen LogP contribution in [-0.4, -0.2) is 7.11 Å². The fraction of sp³-hybridized carbons (Fsp3) is 0.200. The SMILES string of the molecule is COc1ccc(N)cc1OCc1cccc(C)c1. The van der Waals surface area contributed by atoms with Crippen LogP contribution >= 0.6 is 0 Å². The fourth-order valence-corrected chi connectivity index (χ4v) is 1.77. The van der Waals surface area contributed by atoms with Crippen LogP contribution in [0.3, 0.4) is 0 Å². The van der Waals surface area contributed by atoms with Crippen molar-refractivity contribution in [1.82, 2.24) is 0 Å². The number of ether oxygens (including phenoxy) is 2. The number of rotatable bonds is 4. The van der Waals surface area contributed by atoms with E-state index in [9.17, 15) is 0 Å². The Morgan fingerprint density at radius 2 is 1.89 bits per heavy atom. The molecule has 0 unspecified atom stereocenters. The molecule has 0 bridgehead atoms. The third kappa shape index (κ3) is 2.94. The first-order chi connectivity index (χ1) is 8.69. The van der Waals surface area contributed by atoms with E-state index in [4.69, 9.17) is 15.2 Å². The van der Waals surface area contributed by atoms with Gasteiger partial charge in [0.2, 0.25) is 0 Å².